The number of hydrogen-bond donors (Lipinski definition) is 5. The van der Waals surface area contributed by atoms with Gasteiger partial charge in [0.1, 0.15) is 0 Å². The van der Waals surface area contributed by atoms with Crippen molar-refractivity contribution in [1.82, 2.24) is 49.5 Å². The molecule has 0 atom stereocenters. The number of nitrogens with two attached hydrogens (primary N) is 2. The summed E-state index contributed by atoms with van der Waals surface area (Å²) < 4.78 is 2.07. The maximum atomic E-state index is 12.9. The standard InChI is InChI=1S/C29H31N7O.C20H24BrN3O.C9H8N4.C7H8BrN/c1-21-5-10-25(18-27(21)34-29-31-13-11-26(33-29)24-4-3-12-30-19-24)32-28(37)23-8-6-22(7-9-23)20-36-16-14-35(2)15-17-36;1-15-3-8-18(13-19(15)21)22-20(25)17-6-4-16(5-7-17)14-24-11-9-23(2)10-12-24;10-9-12-5-3-8(13-9)7-2-1-4-11-6-7;1-5-2-3-6(9)4-7(5)8/h3-13,18-19H,14-17,20H2,1-2H3,(H,32,37)(H,31,33,34);3-8,13H,9-12,14H2,1-2H3,(H,22,25);1-6H,(H2,10,12,13);2-4H,9H2,1H3. The molecule has 2 amide bonds. The minimum Gasteiger partial charge on any atom is -0.399 e. The monoisotopic (exact) mass is 1250 g/mol. The predicted octanol–water partition coefficient (Wildman–Crippen LogP) is 11.8. The van der Waals surface area contributed by atoms with E-state index < -0.39 is 0 Å². The number of halogens is 2. The lowest BCUT2D eigenvalue weighted by molar-refractivity contribution is 0.101. The fraction of sp³-hybridized carbons (Fsp3) is 0.231. The molecule has 19 heteroatoms. The molecule has 2 aliphatic heterocycles. The molecule has 2 fully saturated rings. The molecule has 0 saturated carbocycles. The number of amides is 2. The predicted molar refractivity (Wildman–Crippen MR) is 346 cm³/mol. The first-order chi connectivity index (χ1) is 40.6. The molecule has 9 aromatic rings. The van der Waals surface area contributed by atoms with Gasteiger partial charge in [0.05, 0.1) is 11.4 Å². The van der Waals surface area contributed by atoms with Crippen molar-refractivity contribution >= 4 is 78.3 Å². The Morgan fingerprint density at radius 1 is 0.512 bits per heavy atom. The van der Waals surface area contributed by atoms with Crippen LogP contribution in [0.25, 0.3) is 22.5 Å². The number of nitrogens with one attached hydrogen (secondary N) is 3. The summed E-state index contributed by atoms with van der Waals surface area (Å²) in [6, 6.07) is 44.4. The lowest BCUT2D eigenvalue weighted by Gasteiger charge is -2.32. The van der Waals surface area contributed by atoms with E-state index in [0.717, 1.165) is 125 Å². The van der Waals surface area contributed by atoms with Gasteiger partial charge in [-0.3, -0.25) is 29.4 Å². The van der Waals surface area contributed by atoms with Gasteiger partial charge in [-0.25, -0.2) is 19.9 Å². The first kappa shape index (κ1) is 61.8. The van der Waals surface area contributed by atoms with Crippen LogP contribution in [0.15, 0.2) is 186 Å². The molecule has 432 valence electrons. The maximum Gasteiger partial charge on any atom is 0.255 e. The third-order valence-electron chi connectivity index (χ3n) is 14.0. The Kier molecular flexibility index (Phi) is 22.7. The van der Waals surface area contributed by atoms with Crippen LogP contribution in [0.1, 0.15) is 48.5 Å². The van der Waals surface area contributed by atoms with E-state index in [1.54, 1.807) is 43.2 Å². The number of nitrogen functional groups attached to an aromatic ring is 2. The highest BCUT2D eigenvalue weighted by Crippen LogP contribution is 2.26. The number of pyridine rings is 2. The van der Waals surface area contributed by atoms with Crippen LogP contribution in [-0.4, -0.2) is 128 Å². The number of aryl methyl sites for hydroxylation is 3. The summed E-state index contributed by atoms with van der Waals surface area (Å²) in [5.41, 5.74) is 24.6. The van der Waals surface area contributed by atoms with Gasteiger partial charge >= 0.3 is 0 Å². The lowest BCUT2D eigenvalue weighted by atomic mass is 10.1. The summed E-state index contributed by atoms with van der Waals surface area (Å²) >= 11 is 6.86. The van der Waals surface area contributed by atoms with Crippen molar-refractivity contribution in [1.29, 1.82) is 0 Å². The molecule has 0 bridgehead atoms. The van der Waals surface area contributed by atoms with Crippen LogP contribution >= 0.6 is 31.9 Å². The van der Waals surface area contributed by atoms with Crippen molar-refractivity contribution in [3.8, 4) is 22.5 Å². The van der Waals surface area contributed by atoms with E-state index in [1.807, 2.05) is 142 Å². The van der Waals surface area contributed by atoms with Crippen molar-refractivity contribution in [2.75, 3.05) is 93.9 Å². The van der Waals surface area contributed by atoms with Gasteiger partial charge in [-0.1, -0.05) is 74.3 Å². The molecule has 7 N–H and O–H groups in total. The van der Waals surface area contributed by atoms with Crippen LogP contribution in [0.3, 0.4) is 0 Å². The Morgan fingerprint density at radius 2 is 0.976 bits per heavy atom. The average Bonchev–Trinajstić information content (AvgIpc) is 3.71. The van der Waals surface area contributed by atoms with E-state index in [0.29, 0.717) is 22.8 Å². The number of rotatable bonds is 12. The molecule has 84 heavy (non-hydrogen) atoms. The van der Waals surface area contributed by atoms with Gasteiger partial charge in [0.25, 0.3) is 11.8 Å². The summed E-state index contributed by atoms with van der Waals surface area (Å²) in [6.45, 7) is 16.7. The van der Waals surface area contributed by atoms with Crippen molar-refractivity contribution in [2.24, 2.45) is 0 Å². The number of nitrogens with zero attached hydrogens (tertiary/aromatic N) is 10. The zero-order valence-corrected chi connectivity index (χ0v) is 51.2. The van der Waals surface area contributed by atoms with E-state index >= 15 is 0 Å². The summed E-state index contributed by atoms with van der Waals surface area (Å²) in [4.78, 5) is 60.0. The molecule has 0 radical (unpaired) electrons. The largest absolute Gasteiger partial charge is 0.399 e. The van der Waals surface area contributed by atoms with Crippen LogP contribution in [-0.2, 0) is 13.1 Å². The normalized spacial score (nSPS) is 13.6. The third kappa shape index (κ3) is 19.1. The molecule has 2 saturated heterocycles. The Labute approximate surface area is 509 Å². The summed E-state index contributed by atoms with van der Waals surface area (Å²) in [5.74, 6) is 0.530. The maximum absolute atomic E-state index is 12.9. The number of benzene rings is 5. The summed E-state index contributed by atoms with van der Waals surface area (Å²) in [5, 5.41) is 9.24. The molecule has 4 aromatic heterocycles. The number of hydrogen-bond acceptors (Lipinski definition) is 15. The molecule has 0 unspecified atom stereocenters. The van der Waals surface area contributed by atoms with E-state index in [4.69, 9.17) is 11.5 Å². The third-order valence-corrected chi connectivity index (χ3v) is 15.8. The quantitative estimate of drug-likeness (QED) is 0.0720. The van der Waals surface area contributed by atoms with E-state index in [9.17, 15) is 9.59 Å². The van der Waals surface area contributed by atoms with Gasteiger partial charge in [0.15, 0.2) is 0 Å². The first-order valence-corrected chi connectivity index (χ1v) is 29.2. The van der Waals surface area contributed by atoms with Crippen LogP contribution in [0.2, 0.25) is 0 Å². The molecule has 0 spiro atoms. The highest BCUT2D eigenvalue weighted by Gasteiger charge is 2.17. The smallest absolute Gasteiger partial charge is 0.255 e. The summed E-state index contributed by atoms with van der Waals surface area (Å²) in [6.07, 6.45) is 10.3. The number of anilines is 6. The minimum atomic E-state index is -0.143. The van der Waals surface area contributed by atoms with Crippen LogP contribution in [0.5, 0.6) is 0 Å². The molecule has 5 aromatic carbocycles. The highest BCUT2D eigenvalue weighted by atomic mass is 79.9. The first-order valence-electron chi connectivity index (χ1n) is 27.6. The number of aromatic nitrogens is 6. The molecule has 17 nitrogen and oxygen atoms in total. The number of piperazine rings is 2. The van der Waals surface area contributed by atoms with Gasteiger partial charge in [-0.15, -0.1) is 0 Å². The van der Waals surface area contributed by atoms with Crippen molar-refractivity contribution in [2.45, 2.75) is 33.9 Å². The van der Waals surface area contributed by atoms with Gasteiger partial charge in [-0.05, 0) is 160 Å². The van der Waals surface area contributed by atoms with Gasteiger partial charge in [0, 0.05) is 157 Å². The molecule has 0 aliphatic carbocycles. The minimum absolute atomic E-state index is 0.0816. The van der Waals surface area contributed by atoms with Crippen LogP contribution in [0, 0.1) is 20.8 Å². The van der Waals surface area contributed by atoms with E-state index in [2.05, 4.69) is 124 Å². The molecular formula is C65H71Br2N15O2. The second kappa shape index (κ2) is 30.8. The summed E-state index contributed by atoms with van der Waals surface area (Å²) in [7, 11) is 4.32. The van der Waals surface area contributed by atoms with E-state index in [-0.39, 0.29) is 17.8 Å². The Bertz CT molecular complexity index is 3570. The molecule has 11 rings (SSSR count). The Hall–Kier alpha value is -8.30. The van der Waals surface area contributed by atoms with Crippen LogP contribution in [0.4, 0.5) is 34.6 Å². The van der Waals surface area contributed by atoms with Gasteiger partial charge < -0.3 is 37.2 Å². The molecule has 6 heterocycles. The molecule has 2 aliphatic rings. The topological polar surface area (TPSA) is 213 Å². The fourth-order valence-corrected chi connectivity index (χ4v) is 9.61. The average molecular weight is 1250 g/mol. The lowest BCUT2D eigenvalue weighted by Crippen LogP contribution is -2.43. The zero-order chi connectivity index (χ0) is 59.4. The van der Waals surface area contributed by atoms with E-state index in [1.165, 1.54) is 16.7 Å². The van der Waals surface area contributed by atoms with Crippen molar-refractivity contribution in [3.63, 3.8) is 0 Å². The van der Waals surface area contributed by atoms with Crippen molar-refractivity contribution < 1.29 is 9.59 Å². The SMILES string of the molecule is Cc1ccc(N)cc1Br.Cc1ccc(NC(=O)c2ccc(CN3CCN(C)CC3)cc2)cc1Br.Cc1ccc(NC(=O)c2ccc(CN3CCN(C)CC3)cc2)cc1Nc1nccc(-c2cccnc2)n1.Nc1nccc(-c2cccnc2)n1. The van der Waals surface area contributed by atoms with Crippen LogP contribution < -0.4 is 27.4 Å². The van der Waals surface area contributed by atoms with Gasteiger partial charge in [0.2, 0.25) is 11.9 Å². The number of carbonyl (C=O) groups is 2. The molecular weight excluding hydrogens is 1180 g/mol. The second-order valence-corrected chi connectivity index (χ2v) is 22.3. The van der Waals surface area contributed by atoms with Gasteiger partial charge in [-0.2, -0.15) is 0 Å². The Morgan fingerprint density at radius 3 is 1.44 bits per heavy atom. The van der Waals surface area contributed by atoms with Crippen molar-refractivity contribution in [3.05, 3.63) is 225 Å². The Balaban J connectivity index is 0.000000167. The fourth-order valence-electron chi connectivity index (χ4n) is 8.84. The highest BCUT2D eigenvalue weighted by molar-refractivity contribution is 9.10. The zero-order valence-electron chi connectivity index (χ0n) is 48.0. The number of carbonyl (C=O) groups excluding carboxylic acids is 2. The second-order valence-electron chi connectivity index (χ2n) is 20.6. The number of likely N-dealkylation sites (N-methyl/N-ethyl adjacent to an activating group) is 2.